The van der Waals surface area contributed by atoms with E-state index in [2.05, 4.69) is 5.32 Å². The number of amides is 2. The van der Waals surface area contributed by atoms with Gasteiger partial charge >= 0.3 is 5.97 Å². The first-order chi connectivity index (χ1) is 14.4. The second-order valence-electron chi connectivity index (χ2n) is 6.60. The number of nitrogens with zero attached hydrogens (tertiary/aromatic N) is 1. The Kier molecular flexibility index (Phi) is 7.23. The van der Waals surface area contributed by atoms with Gasteiger partial charge in [0.05, 0.1) is 18.7 Å². The molecule has 1 unspecified atom stereocenters. The average Bonchev–Trinajstić information content (AvgIpc) is 3.14. The van der Waals surface area contributed by atoms with Gasteiger partial charge < -0.3 is 19.7 Å². The minimum Gasteiger partial charge on any atom is -0.495 e. The molecular formula is C21H21ClN2O5S. The smallest absolute Gasteiger partial charge is 0.311 e. The summed E-state index contributed by atoms with van der Waals surface area (Å²) in [6.45, 7) is -0.248. The van der Waals surface area contributed by atoms with E-state index in [1.54, 1.807) is 28.8 Å². The molecule has 1 aliphatic heterocycles. The van der Waals surface area contributed by atoms with E-state index in [1.165, 1.54) is 13.2 Å². The summed E-state index contributed by atoms with van der Waals surface area (Å²) >= 11 is 7.54. The van der Waals surface area contributed by atoms with Crippen molar-refractivity contribution in [1.82, 2.24) is 0 Å². The lowest BCUT2D eigenvalue weighted by molar-refractivity contribution is -0.151. The number of anilines is 2. The third-order valence-electron chi connectivity index (χ3n) is 4.62. The van der Waals surface area contributed by atoms with E-state index in [4.69, 9.17) is 21.1 Å². The standard InChI is InChI=1S/C21H21ClN2O5S/c1-28-18-8-3-14(22)10-17(18)23-19(25)12-29-21(27)13-9-20(26)24(11-13)15-4-6-16(30-2)7-5-15/h3-8,10,13H,9,11-12H2,1-2H3,(H,23,25). The van der Waals surface area contributed by atoms with E-state index in [0.29, 0.717) is 16.5 Å². The SMILES string of the molecule is COc1ccc(Cl)cc1NC(=O)COC(=O)C1CC(=O)N(c2ccc(SC)cc2)C1. The van der Waals surface area contributed by atoms with Crippen LogP contribution in [0.1, 0.15) is 6.42 Å². The van der Waals surface area contributed by atoms with Crippen LogP contribution in [0.15, 0.2) is 47.4 Å². The third-order valence-corrected chi connectivity index (χ3v) is 5.60. The zero-order valence-corrected chi connectivity index (χ0v) is 18.1. The van der Waals surface area contributed by atoms with E-state index in [9.17, 15) is 14.4 Å². The molecule has 30 heavy (non-hydrogen) atoms. The van der Waals surface area contributed by atoms with Crippen LogP contribution < -0.4 is 15.0 Å². The molecule has 0 aliphatic carbocycles. The van der Waals surface area contributed by atoms with E-state index in [1.807, 2.05) is 30.5 Å². The minimum absolute atomic E-state index is 0.0485. The van der Waals surface area contributed by atoms with Gasteiger partial charge in [0.15, 0.2) is 6.61 Å². The Balaban J connectivity index is 1.54. The Hall–Kier alpha value is -2.71. The van der Waals surface area contributed by atoms with Crippen LogP contribution in [0.2, 0.25) is 5.02 Å². The third kappa shape index (κ3) is 5.25. The zero-order chi connectivity index (χ0) is 21.7. The number of carbonyl (C=O) groups excluding carboxylic acids is 3. The Morgan fingerprint density at radius 1 is 1.23 bits per heavy atom. The number of thioether (sulfide) groups is 1. The first-order valence-corrected chi connectivity index (χ1v) is 10.8. The van der Waals surface area contributed by atoms with Crippen LogP contribution >= 0.6 is 23.4 Å². The Morgan fingerprint density at radius 2 is 1.97 bits per heavy atom. The van der Waals surface area contributed by atoms with E-state index < -0.39 is 24.4 Å². The van der Waals surface area contributed by atoms with E-state index in [-0.39, 0.29) is 18.9 Å². The number of nitrogens with one attached hydrogen (secondary N) is 1. The summed E-state index contributed by atoms with van der Waals surface area (Å²) < 4.78 is 10.3. The van der Waals surface area contributed by atoms with Gasteiger partial charge in [-0.1, -0.05) is 11.6 Å². The van der Waals surface area contributed by atoms with E-state index >= 15 is 0 Å². The summed E-state index contributed by atoms with van der Waals surface area (Å²) in [5.74, 6) is -1.45. The number of methoxy groups -OCH3 is 1. The molecule has 1 heterocycles. The molecule has 2 aromatic rings. The predicted molar refractivity (Wildman–Crippen MR) is 116 cm³/mol. The normalized spacial score (nSPS) is 15.8. The minimum atomic E-state index is -0.619. The fourth-order valence-corrected chi connectivity index (χ4v) is 3.68. The lowest BCUT2D eigenvalue weighted by atomic mass is 10.1. The molecular weight excluding hydrogens is 428 g/mol. The molecule has 1 atom stereocenters. The van der Waals surface area contributed by atoms with Crippen LogP contribution in [0.4, 0.5) is 11.4 Å². The van der Waals surface area contributed by atoms with Crippen LogP contribution in [-0.2, 0) is 19.1 Å². The summed E-state index contributed by atoms with van der Waals surface area (Å²) in [5.41, 5.74) is 1.11. The number of halogens is 1. The molecule has 9 heteroatoms. The van der Waals surface area contributed by atoms with Crippen LogP contribution in [0.25, 0.3) is 0 Å². The van der Waals surface area contributed by atoms with Gasteiger partial charge in [0.1, 0.15) is 5.75 Å². The van der Waals surface area contributed by atoms with Crippen molar-refractivity contribution in [2.75, 3.05) is 36.7 Å². The van der Waals surface area contributed by atoms with Crippen LogP contribution in [-0.4, -0.2) is 44.3 Å². The summed E-state index contributed by atoms with van der Waals surface area (Å²) in [7, 11) is 1.47. The van der Waals surface area contributed by atoms with Gasteiger partial charge in [-0.25, -0.2) is 0 Å². The molecule has 1 fully saturated rings. The largest absolute Gasteiger partial charge is 0.495 e. The number of hydrogen-bond acceptors (Lipinski definition) is 6. The van der Waals surface area contributed by atoms with Gasteiger partial charge in [0, 0.05) is 28.6 Å². The average molecular weight is 449 g/mol. The zero-order valence-electron chi connectivity index (χ0n) is 16.5. The van der Waals surface area contributed by atoms with Crippen LogP contribution in [0.3, 0.4) is 0 Å². The molecule has 2 aromatic carbocycles. The maximum absolute atomic E-state index is 12.4. The van der Waals surface area contributed by atoms with E-state index in [0.717, 1.165) is 10.6 Å². The summed E-state index contributed by atoms with van der Waals surface area (Å²) in [6.07, 6.45) is 2.02. The Labute approximate surface area is 183 Å². The van der Waals surface area contributed by atoms with Gasteiger partial charge in [-0.15, -0.1) is 11.8 Å². The summed E-state index contributed by atoms with van der Waals surface area (Å²) in [6, 6.07) is 12.3. The number of ether oxygens (including phenoxy) is 2. The van der Waals surface area contributed by atoms with Crippen molar-refractivity contribution in [1.29, 1.82) is 0 Å². The molecule has 0 spiro atoms. The quantitative estimate of drug-likeness (QED) is 0.514. The van der Waals surface area contributed by atoms with Gasteiger partial charge in [-0.3, -0.25) is 14.4 Å². The highest BCUT2D eigenvalue weighted by atomic mass is 35.5. The molecule has 0 saturated carbocycles. The van der Waals surface area contributed by atoms with Crippen LogP contribution in [0.5, 0.6) is 5.75 Å². The lowest BCUT2D eigenvalue weighted by Crippen LogP contribution is -2.28. The van der Waals surface area contributed by atoms with Crippen molar-refractivity contribution in [3.63, 3.8) is 0 Å². The molecule has 1 saturated heterocycles. The van der Waals surface area contributed by atoms with Crippen molar-refractivity contribution in [2.24, 2.45) is 5.92 Å². The summed E-state index contributed by atoms with van der Waals surface area (Å²) in [4.78, 5) is 39.5. The highest BCUT2D eigenvalue weighted by Crippen LogP contribution is 2.29. The number of carbonyl (C=O) groups is 3. The molecule has 1 N–H and O–H groups in total. The molecule has 7 nitrogen and oxygen atoms in total. The predicted octanol–water partition coefficient (Wildman–Crippen LogP) is 3.61. The molecule has 158 valence electrons. The van der Waals surface area contributed by atoms with Crippen molar-refractivity contribution in [3.8, 4) is 5.75 Å². The second-order valence-corrected chi connectivity index (χ2v) is 7.92. The maximum Gasteiger partial charge on any atom is 0.311 e. The highest BCUT2D eigenvalue weighted by Gasteiger charge is 2.36. The summed E-state index contributed by atoms with van der Waals surface area (Å²) in [5, 5.41) is 3.03. The van der Waals surface area contributed by atoms with Gasteiger partial charge in [-0.2, -0.15) is 0 Å². The molecule has 0 aromatic heterocycles. The maximum atomic E-state index is 12.4. The highest BCUT2D eigenvalue weighted by molar-refractivity contribution is 7.98. The number of hydrogen-bond donors (Lipinski definition) is 1. The number of benzene rings is 2. The first kappa shape index (κ1) is 22.0. The molecule has 1 aliphatic rings. The molecule has 0 radical (unpaired) electrons. The van der Waals surface area contributed by atoms with Gasteiger partial charge in [0.2, 0.25) is 5.91 Å². The monoisotopic (exact) mass is 448 g/mol. The van der Waals surface area contributed by atoms with Crippen molar-refractivity contribution >= 4 is 52.5 Å². The van der Waals surface area contributed by atoms with Gasteiger partial charge in [0.25, 0.3) is 5.91 Å². The van der Waals surface area contributed by atoms with Crippen molar-refractivity contribution in [2.45, 2.75) is 11.3 Å². The van der Waals surface area contributed by atoms with Crippen LogP contribution in [0, 0.1) is 5.92 Å². The fourth-order valence-electron chi connectivity index (χ4n) is 3.10. The fraction of sp³-hybridized carbons (Fsp3) is 0.286. The second kappa shape index (κ2) is 9.86. The lowest BCUT2D eigenvalue weighted by Gasteiger charge is -2.17. The number of esters is 1. The number of rotatable bonds is 7. The molecule has 3 rings (SSSR count). The molecule has 0 bridgehead atoms. The van der Waals surface area contributed by atoms with Crippen molar-refractivity contribution < 1.29 is 23.9 Å². The first-order valence-electron chi connectivity index (χ1n) is 9.15. The topological polar surface area (TPSA) is 84.9 Å². The molecule has 2 amide bonds. The Bertz CT molecular complexity index is 951. The Morgan fingerprint density at radius 3 is 2.63 bits per heavy atom. The van der Waals surface area contributed by atoms with Gasteiger partial charge in [-0.05, 0) is 48.7 Å². The van der Waals surface area contributed by atoms with Crippen molar-refractivity contribution in [3.05, 3.63) is 47.5 Å².